The lowest BCUT2D eigenvalue weighted by Crippen LogP contribution is -2.57. The minimum atomic E-state index is -0.272. The Morgan fingerprint density at radius 3 is 3.00 bits per heavy atom. The largest absolute Gasteiger partial charge is 0.465 e. The minimum Gasteiger partial charge on any atom is -0.465 e. The first-order valence-electron chi connectivity index (χ1n) is 6.27. The van der Waals surface area contributed by atoms with Crippen molar-refractivity contribution in [2.45, 2.75) is 38.8 Å². The molecule has 0 amide bonds. The van der Waals surface area contributed by atoms with Crippen LogP contribution < -0.4 is 5.32 Å². The highest BCUT2D eigenvalue weighted by Gasteiger charge is 2.33. The van der Waals surface area contributed by atoms with Gasteiger partial charge in [0.25, 0.3) is 0 Å². The highest BCUT2D eigenvalue weighted by Crippen LogP contribution is 2.14. The van der Waals surface area contributed by atoms with Gasteiger partial charge in [-0.25, -0.2) is 0 Å². The van der Waals surface area contributed by atoms with Gasteiger partial charge in [0.05, 0.1) is 12.7 Å². The maximum Gasteiger partial charge on any atom is 0.323 e. The van der Waals surface area contributed by atoms with Crippen molar-refractivity contribution in [1.82, 2.24) is 10.2 Å². The standard InChI is InChI=1S/C12H21N3O2/c1-3-5-11(12(16)17-4-2)15-7-6-14-9-10(15)8-13/h10-11,14H,3-7,9H2,1-2H3. The summed E-state index contributed by atoms with van der Waals surface area (Å²) in [6.07, 6.45) is 1.66. The van der Waals surface area contributed by atoms with Crippen molar-refractivity contribution in [3.8, 4) is 6.07 Å². The molecule has 0 spiro atoms. The molecule has 1 fully saturated rings. The quantitative estimate of drug-likeness (QED) is 0.708. The van der Waals surface area contributed by atoms with Gasteiger partial charge in [-0.05, 0) is 13.3 Å². The van der Waals surface area contributed by atoms with Crippen LogP contribution in [0, 0.1) is 11.3 Å². The fraction of sp³-hybridized carbons (Fsp3) is 0.833. The van der Waals surface area contributed by atoms with Crippen LogP contribution >= 0.6 is 0 Å². The summed E-state index contributed by atoms with van der Waals surface area (Å²) in [7, 11) is 0. The molecule has 1 aliphatic heterocycles. The number of carbonyl (C=O) groups is 1. The normalized spacial score (nSPS) is 22.8. The van der Waals surface area contributed by atoms with E-state index in [0.29, 0.717) is 13.2 Å². The Labute approximate surface area is 103 Å². The summed E-state index contributed by atoms with van der Waals surface area (Å²) in [5, 5.41) is 12.3. The molecule has 96 valence electrons. The van der Waals surface area contributed by atoms with Crippen molar-refractivity contribution in [3.05, 3.63) is 0 Å². The van der Waals surface area contributed by atoms with Gasteiger partial charge < -0.3 is 10.1 Å². The first-order chi connectivity index (χ1) is 8.24. The number of piperazine rings is 1. The molecule has 0 radical (unpaired) electrons. The van der Waals surface area contributed by atoms with Crippen LogP contribution in [0.3, 0.4) is 0 Å². The molecule has 2 atom stereocenters. The number of esters is 1. The maximum absolute atomic E-state index is 11.9. The van der Waals surface area contributed by atoms with Crippen molar-refractivity contribution in [2.24, 2.45) is 0 Å². The molecule has 0 aromatic carbocycles. The molecular formula is C12H21N3O2. The van der Waals surface area contributed by atoms with E-state index < -0.39 is 0 Å². The van der Waals surface area contributed by atoms with Crippen molar-refractivity contribution in [1.29, 1.82) is 5.26 Å². The molecule has 1 N–H and O–H groups in total. The van der Waals surface area contributed by atoms with E-state index in [-0.39, 0.29) is 18.1 Å². The van der Waals surface area contributed by atoms with E-state index in [1.807, 2.05) is 11.8 Å². The van der Waals surface area contributed by atoms with Gasteiger partial charge >= 0.3 is 5.97 Å². The Balaban J connectivity index is 2.73. The highest BCUT2D eigenvalue weighted by atomic mass is 16.5. The summed E-state index contributed by atoms with van der Waals surface area (Å²) in [4.78, 5) is 13.9. The smallest absolute Gasteiger partial charge is 0.323 e. The zero-order valence-electron chi connectivity index (χ0n) is 10.6. The lowest BCUT2D eigenvalue weighted by molar-refractivity contribution is -0.150. The van der Waals surface area contributed by atoms with Crippen molar-refractivity contribution < 1.29 is 9.53 Å². The third kappa shape index (κ3) is 3.69. The molecule has 0 aromatic rings. The number of nitrogens with one attached hydrogen (secondary N) is 1. The molecule has 1 rings (SSSR count). The second-order valence-electron chi connectivity index (χ2n) is 4.14. The first kappa shape index (κ1) is 13.9. The van der Waals surface area contributed by atoms with Gasteiger partial charge in [0.1, 0.15) is 12.1 Å². The molecule has 0 saturated carbocycles. The van der Waals surface area contributed by atoms with Gasteiger partial charge in [0, 0.05) is 19.6 Å². The van der Waals surface area contributed by atoms with E-state index in [1.54, 1.807) is 6.92 Å². The van der Waals surface area contributed by atoms with Gasteiger partial charge in [-0.1, -0.05) is 13.3 Å². The van der Waals surface area contributed by atoms with Gasteiger partial charge in [0.15, 0.2) is 0 Å². The number of nitriles is 1. The van der Waals surface area contributed by atoms with Crippen LogP contribution in [-0.2, 0) is 9.53 Å². The van der Waals surface area contributed by atoms with Crippen molar-refractivity contribution in [2.75, 3.05) is 26.2 Å². The van der Waals surface area contributed by atoms with E-state index >= 15 is 0 Å². The van der Waals surface area contributed by atoms with Crippen LogP contribution in [0.4, 0.5) is 0 Å². The number of hydrogen-bond donors (Lipinski definition) is 1. The Bertz CT molecular complexity index is 288. The molecule has 5 nitrogen and oxygen atoms in total. The Kier molecular flexibility index (Phi) is 5.95. The average molecular weight is 239 g/mol. The Morgan fingerprint density at radius 2 is 2.41 bits per heavy atom. The van der Waals surface area contributed by atoms with Gasteiger partial charge in [-0.15, -0.1) is 0 Å². The molecular weight excluding hydrogens is 218 g/mol. The molecule has 17 heavy (non-hydrogen) atoms. The van der Waals surface area contributed by atoms with E-state index in [9.17, 15) is 4.79 Å². The SMILES string of the molecule is CCCC(C(=O)OCC)N1CCNCC1C#N. The Hall–Kier alpha value is -1.12. The van der Waals surface area contributed by atoms with E-state index in [2.05, 4.69) is 11.4 Å². The highest BCUT2D eigenvalue weighted by molar-refractivity contribution is 5.75. The summed E-state index contributed by atoms with van der Waals surface area (Å²) in [6.45, 7) is 6.40. The fourth-order valence-electron chi connectivity index (χ4n) is 2.14. The number of rotatable bonds is 5. The lowest BCUT2D eigenvalue weighted by Gasteiger charge is -2.36. The molecule has 0 aliphatic carbocycles. The van der Waals surface area contributed by atoms with Crippen LogP contribution in [0.5, 0.6) is 0 Å². The van der Waals surface area contributed by atoms with Crippen LogP contribution in [0.1, 0.15) is 26.7 Å². The minimum absolute atomic E-state index is 0.198. The second-order valence-corrected chi connectivity index (χ2v) is 4.14. The Morgan fingerprint density at radius 1 is 1.65 bits per heavy atom. The molecule has 0 bridgehead atoms. The molecule has 1 heterocycles. The average Bonchev–Trinajstić information content (AvgIpc) is 2.36. The van der Waals surface area contributed by atoms with Crippen LogP contribution in [-0.4, -0.2) is 49.2 Å². The van der Waals surface area contributed by atoms with Gasteiger partial charge in [0.2, 0.25) is 0 Å². The zero-order valence-corrected chi connectivity index (χ0v) is 10.6. The van der Waals surface area contributed by atoms with E-state index in [0.717, 1.165) is 25.9 Å². The molecule has 1 saturated heterocycles. The van der Waals surface area contributed by atoms with Gasteiger partial charge in [-0.3, -0.25) is 9.69 Å². The first-order valence-corrected chi connectivity index (χ1v) is 6.27. The van der Waals surface area contributed by atoms with Crippen molar-refractivity contribution in [3.63, 3.8) is 0 Å². The third-order valence-corrected chi connectivity index (χ3v) is 2.95. The van der Waals surface area contributed by atoms with Crippen LogP contribution in [0.25, 0.3) is 0 Å². The number of carbonyl (C=O) groups excluding carboxylic acids is 1. The lowest BCUT2D eigenvalue weighted by atomic mass is 10.1. The van der Waals surface area contributed by atoms with E-state index in [4.69, 9.17) is 10.00 Å². The maximum atomic E-state index is 11.9. The zero-order chi connectivity index (χ0) is 12.7. The van der Waals surface area contributed by atoms with Crippen molar-refractivity contribution >= 4 is 5.97 Å². The topological polar surface area (TPSA) is 65.4 Å². The van der Waals surface area contributed by atoms with E-state index in [1.165, 1.54) is 0 Å². The molecule has 5 heteroatoms. The summed E-state index contributed by atoms with van der Waals surface area (Å²) in [6, 6.07) is 1.74. The molecule has 0 aromatic heterocycles. The number of nitrogens with zero attached hydrogens (tertiary/aromatic N) is 2. The predicted molar refractivity (Wildman–Crippen MR) is 64.3 cm³/mol. The third-order valence-electron chi connectivity index (χ3n) is 2.95. The molecule has 1 aliphatic rings. The number of ether oxygens (including phenoxy) is 1. The van der Waals surface area contributed by atoms with Crippen LogP contribution in [0.2, 0.25) is 0 Å². The summed E-state index contributed by atoms with van der Waals surface area (Å²) in [5.41, 5.74) is 0. The monoisotopic (exact) mass is 239 g/mol. The molecule has 2 unspecified atom stereocenters. The summed E-state index contributed by atoms with van der Waals surface area (Å²) >= 11 is 0. The summed E-state index contributed by atoms with van der Waals surface area (Å²) in [5.74, 6) is -0.198. The van der Waals surface area contributed by atoms with Gasteiger partial charge in [-0.2, -0.15) is 5.26 Å². The number of hydrogen-bond acceptors (Lipinski definition) is 5. The van der Waals surface area contributed by atoms with Crippen LogP contribution in [0.15, 0.2) is 0 Å². The summed E-state index contributed by atoms with van der Waals surface area (Å²) < 4.78 is 5.09. The second kappa shape index (κ2) is 7.25. The fourth-order valence-corrected chi connectivity index (χ4v) is 2.14. The predicted octanol–water partition coefficient (Wildman–Crippen LogP) is 0.516.